The SMILES string of the molecule is CCCOc1ccc(CCc2ccc(-c3noc([C@@H]4CCCN4C(=O)OC(C)(C)C)n3)cc2C(F)(F)F)cc1. The number of alkyl halides is 3. The van der Waals surface area contributed by atoms with Crippen LogP contribution in [-0.4, -0.2) is 39.9 Å². The molecule has 2 heterocycles. The molecule has 1 aromatic heterocycles. The largest absolute Gasteiger partial charge is 0.494 e. The second-order valence-corrected chi connectivity index (χ2v) is 10.7. The van der Waals surface area contributed by atoms with Gasteiger partial charge in [-0.05, 0) is 82.2 Å². The third-order valence-electron chi connectivity index (χ3n) is 6.36. The van der Waals surface area contributed by atoms with Crippen LogP contribution in [0.4, 0.5) is 18.0 Å². The van der Waals surface area contributed by atoms with Crippen LogP contribution in [0, 0.1) is 0 Å². The van der Waals surface area contributed by atoms with Crippen molar-refractivity contribution in [1.82, 2.24) is 15.0 Å². The van der Waals surface area contributed by atoms with Crippen LogP contribution in [-0.2, 0) is 23.8 Å². The molecule has 3 aromatic rings. The summed E-state index contributed by atoms with van der Waals surface area (Å²) in [5, 5.41) is 3.93. The lowest BCUT2D eigenvalue weighted by molar-refractivity contribution is -0.138. The van der Waals surface area contributed by atoms with E-state index in [1.165, 1.54) is 11.0 Å². The first kappa shape index (κ1) is 28.4. The summed E-state index contributed by atoms with van der Waals surface area (Å²) in [5.41, 5.74) is -0.0871. The van der Waals surface area contributed by atoms with Crippen molar-refractivity contribution < 1.29 is 32.0 Å². The maximum absolute atomic E-state index is 14.0. The second-order valence-electron chi connectivity index (χ2n) is 10.7. The molecule has 7 nitrogen and oxygen atoms in total. The lowest BCUT2D eigenvalue weighted by atomic mass is 9.97. The highest BCUT2D eigenvalue weighted by Crippen LogP contribution is 2.37. The number of aryl methyl sites for hydroxylation is 2. The van der Waals surface area contributed by atoms with Crippen LogP contribution in [0.25, 0.3) is 11.4 Å². The number of amides is 1. The molecule has 1 fully saturated rings. The van der Waals surface area contributed by atoms with Crippen LogP contribution in [0.3, 0.4) is 0 Å². The van der Waals surface area contributed by atoms with E-state index in [1.807, 2.05) is 31.2 Å². The number of carbonyl (C=O) groups excluding carboxylic acids is 1. The van der Waals surface area contributed by atoms with Gasteiger partial charge >= 0.3 is 12.3 Å². The Bertz CT molecular complexity index is 1270. The summed E-state index contributed by atoms with van der Waals surface area (Å²) in [6.07, 6.45) is -2.15. The molecule has 1 aliphatic rings. The van der Waals surface area contributed by atoms with Gasteiger partial charge in [-0.15, -0.1) is 0 Å². The maximum atomic E-state index is 14.0. The van der Waals surface area contributed by atoms with E-state index in [0.29, 0.717) is 26.0 Å². The third-order valence-corrected chi connectivity index (χ3v) is 6.36. The Labute approximate surface area is 226 Å². The van der Waals surface area contributed by atoms with E-state index in [-0.39, 0.29) is 29.3 Å². The Morgan fingerprint density at radius 3 is 2.51 bits per heavy atom. The number of benzene rings is 2. The predicted octanol–water partition coefficient (Wildman–Crippen LogP) is 7.40. The predicted molar refractivity (Wildman–Crippen MR) is 139 cm³/mol. The van der Waals surface area contributed by atoms with Gasteiger partial charge in [0, 0.05) is 12.1 Å². The Kier molecular flexibility index (Phi) is 8.51. The number of rotatable bonds is 8. The van der Waals surface area contributed by atoms with E-state index >= 15 is 0 Å². The molecule has 1 amide bonds. The number of halogens is 3. The van der Waals surface area contributed by atoms with E-state index in [2.05, 4.69) is 10.1 Å². The van der Waals surface area contributed by atoms with Crippen molar-refractivity contribution in [2.45, 2.75) is 77.6 Å². The Hall–Kier alpha value is -3.56. The van der Waals surface area contributed by atoms with Crippen LogP contribution in [0.2, 0.25) is 0 Å². The molecule has 10 heteroatoms. The zero-order valence-electron chi connectivity index (χ0n) is 22.7. The lowest BCUT2D eigenvalue weighted by Crippen LogP contribution is -2.36. The van der Waals surface area contributed by atoms with Crippen LogP contribution in [0.1, 0.15) is 75.6 Å². The molecule has 0 spiro atoms. The quantitative estimate of drug-likeness (QED) is 0.294. The van der Waals surface area contributed by atoms with Gasteiger partial charge in [0.2, 0.25) is 11.7 Å². The summed E-state index contributed by atoms with van der Waals surface area (Å²) >= 11 is 0. The van der Waals surface area contributed by atoms with E-state index in [1.54, 1.807) is 26.8 Å². The zero-order chi connectivity index (χ0) is 28.2. The van der Waals surface area contributed by atoms with Gasteiger partial charge in [-0.25, -0.2) is 4.79 Å². The average molecular weight is 546 g/mol. The summed E-state index contributed by atoms with van der Waals surface area (Å²) in [6.45, 7) is 8.45. The summed E-state index contributed by atoms with van der Waals surface area (Å²) in [7, 11) is 0. The fourth-order valence-corrected chi connectivity index (χ4v) is 4.50. The van der Waals surface area contributed by atoms with Crippen molar-refractivity contribution in [1.29, 1.82) is 0 Å². The smallest absolute Gasteiger partial charge is 0.416 e. The van der Waals surface area contributed by atoms with Gasteiger partial charge in [-0.1, -0.05) is 36.3 Å². The molecule has 1 aliphatic heterocycles. The highest BCUT2D eigenvalue weighted by Gasteiger charge is 2.37. The minimum absolute atomic E-state index is 0.0424. The number of carbonyl (C=O) groups is 1. The fraction of sp³-hybridized carbons (Fsp3) is 0.483. The first-order valence-corrected chi connectivity index (χ1v) is 13.2. The molecule has 2 aromatic carbocycles. The van der Waals surface area contributed by atoms with Crippen molar-refractivity contribution in [2.24, 2.45) is 0 Å². The van der Waals surface area contributed by atoms with Gasteiger partial charge in [-0.3, -0.25) is 4.90 Å². The molecular formula is C29H34F3N3O4. The van der Waals surface area contributed by atoms with Crippen molar-refractivity contribution in [3.63, 3.8) is 0 Å². The Morgan fingerprint density at radius 1 is 1.10 bits per heavy atom. The first-order valence-electron chi connectivity index (χ1n) is 13.2. The first-order chi connectivity index (χ1) is 18.4. The Balaban J connectivity index is 1.50. The van der Waals surface area contributed by atoms with E-state index in [9.17, 15) is 18.0 Å². The van der Waals surface area contributed by atoms with Gasteiger partial charge in [0.25, 0.3) is 0 Å². The Morgan fingerprint density at radius 2 is 1.85 bits per heavy atom. The normalized spacial score (nSPS) is 16.0. The van der Waals surface area contributed by atoms with Crippen molar-refractivity contribution in [3.8, 4) is 17.1 Å². The monoisotopic (exact) mass is 545 g/mol. The van der Waals surface area contributed by atoms with Crippen LogP contribution in [0.15, 0.2) is 47.0 Å². The number of nitrogens with zero attached hydrogens (tertiary/aromatic N) is 3. The van der Waals surface area contributed by atoms with E-state index < -0.39 is 29.5 Å². The summed E-state index contributed by atoms with van der Waals surface area (Å²) in [5.74, 6) is 0.963. The molecule has 210 valence electrons. The fourth-order valence-electron chi connectivity index (χ4n) is 4.50. The standard InChI is InChI=1S/C29H34F3N3O4/c1-5-17-37-22-14-9-19(10-15-22)8-11-20-12-13-21(18-23(20)29(30,31)32)25-33-26(39-34-25)24-7-6-16-35(24)27(36)38-28(2,3)4/h9-10,12-15,18,24H,5-8,11,16-17H2,1-4H3/t24-/m0/s1. The number of ether oxygens (including phenoxy) is 2. The van der Waals surface area contributed by atoms with Crippen LogP contribution < -0.4 is 4.74 Å². The number of hydrogen-bond acceptors (Lipinski definition) is 6. The van der Waals surface area contributed by atoms with Crippen LogP contribution in [0.5, 0.6) is 5.75 Å². The van der Waals surface area contributed by atoms with Gasteiger partial charge in [0.15, 0.2) is 0 Å². The number of hydrogen-bond donors (Lipinski definition) is 0. The zero-order valence-corrected chi connectivity index (χ0v) is 22.7. The van der Waals surface area contributed by atoms with E-state index in [0.717, 1.165) is 30.2 Å². The van der Waals surface area contributed by atoms with Crippen molar-refractivity contribution in [3.05, 3.63) is 65.0 Å². The molecule has 0 unspecified atom stereocenters. The molecule has 1 saturated heterocycles. The van der Waals surface area contributed by atoms with Crippen molar-refractivity contribution >= 4 is 6.09 Å². The molecule has 1 atom stereocenters. The molecule has 0 saturated carbocycles. The average Bonchev–Trinajstić information content (AvgIpc) is 3.55. The number of likely N-dealkylation sites (tertiary alicyclic amines) is 1. The maximum Gasteiger partial charge on any atom is 0.416 e. The highest BCUT2D eigenvalue weighted by atomic mass is 19.4. The molecular weight excluding hydrogens is 511 g/mol. The molecule has 0 aliphatic carbocycles. The lowest BCUT2D eigenvalue weighted by Gasteiger charge is -2.26. The van der Waals surface area contributed by atoms with Gasteiger partial charge in [-0.2, -0.15) is 18.2 Å². The summed E-state index contributed by atoms with van der Waals surface area (Å²) in [6, 6.07) is 11.0. The molecule has 39 heavy (non-hydrogen) atoms. The molecule has 0 bridgehead atoms. The molecule has 4 rings (SSSR count). The topological polar surface area (TPSA) is 77.7 Å². The van der Waals surface area contributed by atoms with Gasteiger partial charge in [0.1, 0.15) is 17.4 Å². The van der Waals surface area contributed by atoms with Gasteiger partial charge < -0.3 is 14.0 Å². The summed E-state index contributed by atoms with van der Waals surface area (Å²) in [4.78, 5) is 18.5. The van der Waals surface area contributed by atoms with E-state index in [4.69, 9.17) is 14.0 Å². The minimum atomic E-state index is -4.55. The third kappa shape index (κ3) is 7.30. The number of aromatic nitrogens is 2. The minimum Gasteiger partial charge on any atom is -0.494 e. The molecule has 0 radical (unpaired) electrons. The summed E-state index contributed by atoms with van der Waals surface area (Å²) < 4.78 is 58.5. The molecule has 0 N–H and O–H groups in total. The van der Waals surface area contributed by atoms with Crippen LogP contribution >= 0.6 is 0 Å². The second kappa shape index (κ2) is 11.7. The van der Waals surface area contributed by atoms with Gasteiger partial charge in [0.05, 0.1) is 12.2 Å². The van der Waals surface area contributed by atoms with Crippen molar-refractivity contribution in [2.75, 3.05) is 13.2 Å². The highest BCUT2D eigenvalue weighted by molar-refractivity contribution is 5.69.